The summed E-state index contributed by atoms with van der Waals surface area (Å²) in [6, 6.07) is 11.6. The van der Waals surface area contributed by atoms with Crippen LogP contribution in [0.4, 0.5) is 8.78 Å². The molecule has 0 bridgehead atoms. The van der Waals surface area contributed by atoms with E-state index in [1.54, 1.807) is 6.07 Å². The van der Waals surface area contributed by atoms with Gasteiger partial charge in [0.2, 0.25) is 0 Å². The molecule has 0 aliphatic rings. The fraction of sp³-hybridized carbons (Fsp3) is 0.0769. The van der Waals surface area contributed by atoms with Crippen molar-refractivity contribution in [2.75, 3.05) is 0 Å². The van der Waals surface area contributed by atoms with Crippen molar-refractivity contribution in [2.24, 2.45) is 0 Å². The van der Waals surface area contributed by atoms with Crippen molar-refractivity contribution < 1.29 is 8.78 Å². The van der Waals surface area contributed by atoms with Crippen LogP contribution >= 0.6 is 0 Å². The summed E-state index contributed by atoms with van der Waals surface area (Å²) in [6.45, 7) is 1.94. The second-order valence-electron chi connectivity index (χ2n) is 3.44. The van der Waals surface area contributed by atoms with Gasteiger partial charge >= 0.3 is 0 Å². The first kappa shape index (κ1) is 9.84. The van der Waals surface area contributed by atoms with Gasteiger partial charge in [0.25, 0.3) is 0 Å². The van der Waals surface area contributed by atoms with Gasteiger partial charge < -0.3 is 0 Å². The van der Waals surface area contributed by atoms with Crippen LogP contribution in [0.25, 0.3) is 11.1 Å². The van der Waals surface area contributed by atoms with Gasteiger partial charge in [-0.05, 0) is 35.7 Å². The Kier molecular flexibility index (Phi) is 2.50. The number of benzene rings is 2. The van der Waals surface area contributed by atoms with Gasteiger partial charge in [-0.2, -0.15) is 0 Å². The van der Waals surface area contributed by atoms with Gasteiger partial charge in [-0.15, -0.1) is 0 Å². The van der Waals surface area contributed by atoms with Crippen LogP contribution in [0, 0.1) is 18.6 Å². The summed E-state index contributed by atoms with van der Waals surface area (Å²) < 4.78 is 25.8. The standard InChI is InChI=1S/C13H10F2/c1-9-4-2-3-5-11(9)10-6-7-12(14)13(15)8-10/h2-8H,1H3. The van der Waals surface area contributed by atoms with Crippen LogP contribution in [-0.4, -0.2) is 0 Å². The fourth-order valence-corrected chi connectivity index (χ4v) is 1.56. The summed E-state index contributed by atoms with van der Waals surface area (Å²) in [5.74, 6) is -1.62. The molecular weight excluding hydrogens is 194 g/mol. The summed E-state index contributed by atoms with van der Waals surface area (Å²) in [7, 11) is 0. The molecule has 0 N–H and O–H groups in total. The van der Waals surface area contributed by atoms with Crippen LogP contribution in [0.15, 0.2) is 42.5 Å². The van der Waals surface area contributed by atoms with Gasteiger partial charge in [0.1, 0.15) is 0 Å². The van der Waals surface area contributed by atoms with E-state index in [0.29, 0.717) is 5.56 Å². The first-order valence-electron chi connectivity index (χ1n) is 4.69. The van der Waals surface area contributed by atoms with Gasteiger partial charge in [0.05, 0.1) is 0 Å². The molecule has 0 aliphatic carbocycles. The van der Waals surface area contributed by atoms with Crippen LogP contribution in [0.1, 0.15) is 5.56 Å². The predicted molar refractivity (Wildman–Crippen MR) is 56.5 cm³/mol. The molecule has 0 amide bonds. The highest BCUT2D eigenvalue weighted by Crippen LogP contribution is 2.24. The fourth-order valence-electron chi connectivity index (χ4n) is 1.56. The first-order valence-corrected chi connectivity index (χ1v) is 4.69. The van der Waals surface area contributed by atoms with Crippen LogP contribution in [-0.2, 0) is 0 Å². The van der Waals surface area contributed by atoms with Crippen LogP contribution in [0.3, 0.4) is 0 Å². The van der Waals surface area contributed by atoms with Gasteiger partial charge in [-0.3, -0.25) is 0 Å². The Morgan fingerprint density at radius 1 is 0.867 bits per heavy atom. The van der Waals surface area contributed by atoms with Crippen molar-refractivity contribution in [1.29, 1.82) is 0 Å². The van der Waals surface area contributed by atoms with Crippen LogP contribution in [0.5, 0.6) is 0 Å². The van der Waals surface area contributed by atoms with E-state index in [4.69, 9.17) is 0 Å². The molecular formula is C13H10F2. The third-order valence-electron chi connectivity index (χ3n) is 2.38. The largest absolute Gasteiger partial charge is 0.204 e. The number of halogens is 2. The minimum atomic E-state index is -0.813. The Morgan fingerprint density at radius 3 is 2.27 bits per heavy atom. The quantitative estimate of drug-likeness (QED) is 0.660. The maximum atomic E-state index is 13.0. The topological polar surface area (TPSA) is 0 Å². The third kappa shape index (κ3) is 1.89. The molecule has 0 fully saturated rings. The molecule has 2 aromatic carbocycles. The summed E-state index contributed by atoms with van der Waals surface area (Å²) in [4.78, 5) is 0. The highest BCUT2D eigenvalue weighted by Gasteiger charge is 2.05. The summed E-state index contributed by atoms with van der Waals surface area (Å²) in [5, 5.41) is 0. The molecule has 2 heteroatoms. The molecule has 0 atom stereocenters. The monoisotopic (exact) mass is 204 g/mol. The maximum absolute atomic E-state index is 13.0. The van der Waals surface area contributed by atoms with Crippen molar-refractivity contribution in [2.45, 2.75) is 6.92 Å². The smallest absolute Gasteiger partial charge is 0.159 e. The van der Waals surface area contributed by atoms with Crippen LogP contribution < -0.4 is 0 Å². The van der Waals surface area contributed by atoms with Crippen molar-refractivity contribution >= 4 is 0 Å². The number of rotatable bonds is 1. The minimum absolute atomic E-state index is 0.701. The highest BCUT2D eigenvalue weighted by molar-refractivity contribution is 5.66. The lowest BCUT2D eigenvalue weighted by atomic mass is 10.0. The summed E-state index contributed by atoms with van der Waals surface area (Å²) in [5.41, 5.74) is 2.67. The van der Waals surface area contributed by atoms with Gasteiger partial charge in [-0.25, -0.2) is 8.78 Å². The molecule has 0 nitrogen and oxygen atoms in total. The lowest BCUT2D eigenvalue weighted by molar-refractivity contribution is 0.509. The molecule has 0 saturated heterocycles. The van der Waals surface area contributed by atoms with Crippen molar-refractivity contribution in [3.63, 3.8) is 0 Å². The number of aryl methyl sites for hydroxylation is 1. The van der Waals surface area contributed by atoms with E-state index in [1.807, 2.05) is 31.2 Å². The zero-order valence-corrected chi connectivity index (χ0v) is 8.30. The van der Waals surface area contributed by atoms with Crippen LogP contribution in [0.2, 0.25) is 0 Å². The normalized spacial score (nSPS) is 10.3. The number of hydrogen-bond donors (Lipinski definition) is 0. The average Bonchev–Trinajstić information content (AvgIpc) is 2.23. The van der Waals surface area contributed by atoms with Crippen molar-refractivity contribution in [1.82, 2.24) is 0 Å². The Hall–Kier alpha value is -1.70. The molecule has 0 saturated carbocycles. The molecule has 0 radical (unpaired) electrons. The minimum Gasteiger partial charge on any atom is -0.204 e. The highest BCUT2D eigenvalue weighted by atomic mass is 19.2. The zero-order chi connectivity index (χ0) is 10.8. The summed E-state index contributed by atoms with van der Waals surface area (Å²) >= 11 is 0. The summed E-state index contributed by atoms with van der Waals surface area (Å²) in [6.07, 6.45) is 0. The Morgan fingerprint density at radius 2 is 1.60 bits per heavy atom. The average molecular weight is 204 g/mol. The van der Waals surface area contributed by atoms with E-state index >= 15 is 0 Å². The van der Waals surface area contributed by atoms with Crippen molar-refractivity contribution in [3.8, 4) is 11.1 Å². The molecule has 0 unspecified atom stereocenters. The Labute approximate surface area is 87.2 Å². The van der Waals surface area contributed by atoms with E-state index in [1.165, 1.54) is 6.07 Å². The predicted octanol–water partition coefficient (Wildman–Crippen LogP) is 3.94. The molecule has 0 aromatic heterocycles. The van der Waals surface area contributed by atoms with E-state index in [-0.39, 0.29) is 0 Å². The molecule has 15 heavy (non-hydrogen) atoms. The molecule has 0 heterocycles. The first-order chi connectivity index (χ1) is 7.18. The number of hydrogen-bond acceptors (Lipinski definition) is 0. The molecule has 2 rings (SSSR count). The van der Waals surface area contributed by atoms with Gasteiger partial charge in [0.15, 0.2) is 11.6 Å². The molecule has 0 aliphatic heterocycles. The van der Waals surface area contributed by atoms with E-state index in [2.05, 4.69) is 0 Å². The second kappa shape index (κ2) is 3.81. The lowest BCUT2D eigenvalue weighted by Crippen LogP contribution is -1.87. The molecule has 76 valence electrons. The zero-order valence-electron chi connectivity index (χ0n) is 8.30. The lowest BCUT2D eigenvalue weighted by Gasteiger charge is -2.05. The Balaban J connectivity index is 2.55. The molecule has 0 spiro atoms. The Bertz CT molecular complexity index is 490. The van der Waals surface area contributed by atoms with Gasteiger partial charge in [-0.1, -0.05) is 30.3 Å². The maximum Gasteiger partial charge on any atom is 0.159 e. The SMILES string of the molecule is Cc1ccccc1-c1ccc(F)c(F)c1. The van der Waals surface area contributed by atoms with Gasteiger partial charge in [0, 0.05) is 0 Å². The molecule has 2 aromatic rings. The van der Waals surface area contributed by atoms with E-state index in [9.17, 15) is 8.78 Å². The van der Waals surface area contributed by atoms with E-state index < -0.39 is 11.6 Å². The second-order valence-corrected chi connectivity index (χ2v) is 3.44. The third-order valence-corrected chi connectivity index (χ3v) is 2.38. The van der Waals surface area contributed by atoms with Crippen molar-refractivity contribution in [3.05, 3.63) is 59.7 Å². The van der Waals surface area contributed by atoms with E-state index in [0.717, 1.165) is 17.2 Å².